The summed E-state index contributed by atoms with van der Waals surface area (Å²) in [7, 11) is 0. The second-order valence-corrected chi connectivity index (χ2v) is 6.59. The molecule has 0 aliphatic heterocycles. The first-order valence-corrected chi connectivity index (χ1v) is 6.74. The molecule has 0 unspecified atom stereocenters. The van der Waals surface area contributed by atoms with Gasteiger partial charge in [-0.2, -0.15) is 0 Å². The number of nitrogens with zero attached hydrogens (tertiary/aromatic N) is 1. The molecule has 0 amide bonds. The van der Waals surface area contributed by atoms with Gasteiger partial charge in [0.15, 0.2) is 0 Å². The molecule has 1 heterocycles. The average Bonchev–Trinajstić information content (AvgIpc) is 2.83. The molecule has 2 rings (SSSR count). The van der Waals surface area contributed by atoms with Gasteiger partial charge in [0, 0.05) is 17.1 Å². The van der Waals surface area contributed by atoms with Crippen LogP contribution < -0.4 is 0 Å². The third-order valence-corrected chi connectivity index (χ3v) is 4.22. The summed E-state index contributed by atoms with van der Waals surface area (Å²) in [6, 6.07) is 14.4. The van der Waals surface area contributed by atoms with E-state index >= 15 is 0 Å². The summed E-state index contributed by atoms with van der Waals surface area (Å²) in [5.41, 5.74) is 1.29. The number of hydrogen-bond acceptors (Lipinski definition) is 2. The number of benzene rings is 1. The van der Waals surface area contributed by atoms with E-state index in [0.717, 1.165) is 4.32 Å². The summed E-state index contributed by atoms with van der Waals surface area (Å²) in [6.07, 6.45) is 3.97. The average molecular weight is 261 g/mol. The minimum Gasteiger partial charge on any atom is -0.310 e. The van der Waals surface area contributed by atoms with Crippen LogP contribution in [-0.2, 0) is 4.75 Å². The van der Waals surface area contributed by atoms with E-state index in [9.17, 15) is 0 Å². The Hall–Kier alpha value is -1.06. The zero-order chi connectivity index (χ0) is 12.3. The number of thioether (sulfide) groups is 1. The first-order chi connectivity index (χ1) is 8.09. The molecule has 0 spiro atoms. The number of rotatable bonds is 2. The maximum atomic E-state index is 5.45. The van der Waals surface area contributed by atoms with Crippen LogP contribution in [-0.4, -0.2) is 8.89 Å². The maximum absolute atomic E-state index is 5.45. The maximum Gasteiger partial charge on any atom is 0.145 e. The van der Waals surface area contributed by atoms with Gasteiger partial charge in [-0.25, -0.2) is 0 Å². The molecule has 17 heavy (non-hydrogen) atoms. The first kappa shape index (κ1) is 12.4. The highest BCUT2D eigenvalue weighted by Crippen LogP contribution is 2.36. The molecule has 0 radical (unpaired) electrons. The SMILES string of the molecule is CC(C)(SC(=S)n1cccc1)c1ccccc1. The smallest absolute Gasteiger partial charge is 0.145 e. The Morgan fingerprint density at radius 3 is 2.24 bits per heavy atom. The van der Waals surface area contributed by atoms with E-state index < -0.39 is 0 Å². The van der Waals surface area contributed by atoms with Crippen LogP contribution in [0.5, 0.6) is 0 Å². The standard InChI is InChI=1S/C14H15NS2/c1-14(2,12-8-4-3-5-9-12)17-13(16)15-10-6-7-11-15/h3-11H,1-2H3. The van der Waals surface area contributed by atoms with Gasteiger partial charge in [-0.05, 0) is 31.5 Å². The number of hydrogen-bond donors (Lipinski definition) is 0. The van der Waals surface area contributed by atoms with Crippen LogP contribution in [0.1, 0.15) is 19.4 Å². The van der Waals surface area contributed by atoms with Crippen molar-refractivity contribution in [2.24, 2.45) is 0 Å². The molecule has 0 aliphatic rings. The topological polar surface area (TPSA) is 4.93 Å². The fourth-order valence-corrected chi connectivity index (χ4v) is 3.29. The van der Waals surface area contributed by atoms with Crippen molar-refractivity contribution in [3.63, 3.8) is 0 Å². The van der Waals surface area contributed by atoms with Crippen LogP contribution in [0.25, 0.3) is 0 Å². The van der Waals surface area contributed by atoms with E-state index in [1.807, 2.05) is 35.2 Å². The predicted octanol–water partition coefficient (Wildman–Crippen LogP) is 4.29. The molecule has 1 aromatic heterocycles. The lowest BCUT2D eigenvalue weighted by Crippen LogP contribution is -2.17. The molecule has 3 heteroatoms. The van der Waals surface area contributed by atoms with Crippen LogP contribution in [0.2, 0.25) is 0 Å². The molecule has 0 saturated carbocycles. The third-order valence-electron chi connectivity index (χ3n) is 2.63. The highest BCUT2D eigenvalue weighted by Gasteiger charge is 2.23. The summed E-state index contributed by atoms with van der Waals surface area (Å²) in [5.74, 6) is 0. The Kier molecular flexibility index (Phi) is 3.69. The molecule has 0 fully saturated rings. The monoisotopic (exact) mass is 261 g/mol. The molecule has 2 aromatic rings. The highest BCUT2D eigenvalue weighted by atomic mass is 32.2. The van der Waals surface area contributed by atoms with Crippen LogP contribution >= 0.6 is 24.0 Å². The van der Waals surface area contributed by atoms with Crippen LogP contribution in [0.3, 0.4) is 0 Å². The van der Waals surface area contributed by atoms with Gasteiger partial charge in [0.2, 0.25) is 0 Å². The lowest BCUT2D eigenvalue weighted by molar-refractivity contribution is 0.787. The van der Waals surface area contributed by atoms with E-state index in [0.29, 0.717) is 0 Å². The Balaban J connectivity index is 2.15. The van der Waals surface area contributed by atoms with E-state index in [1.54, 1.807) is 11.8 Å². The van der Waals surface area contributed by atoms with Crippen molar-refractivity contribution in [3.05, 3.63) is 60.4 Å². The van der Waals surface area contributed by atoms with E-state index in [1.165, 1.54) is 5.56 Å². The van der Waals surface area contributed by atoms with Crippen molar-refractivity contribution in [3.8, 4) is 0 Å². The fourth-order valence-electron chi connectivity index (χ4n) is 1.63. The molecule has 1 aromatic carbocycles. The van der Waals surface area contributed by atoms with Gasteiger partial charge in [-0.3, -0.25) is 0 Å². The van der Waals surface area contributed by atoms with Crippen LogP contribution in [0, 0.1) is 0 Å². The fraction of sp³-hybridized carbons (Fsp3) is 0.214. The summed E-state index contributed by atoms with van der Waals surface area (Å²) < 4.78 is 2.84. The van der Waals surface area contributed by atoms with Crippen molar-refractivity contribution in [2.75, 3.05) is 0 Å². The van der Waals surface area contributed by atoms with Crippen molar-refractivity contribution in [1.29, 1.82) is 0 Å². The summed E-state index contributed by atoms with van der Waals surface area (Å²) >= 11 is 7.16. The zero-order valence-electron chi connectivity index (χ0n) is 9.96. The molecular weight excluding hydrogens is 246 g/mol. The molecular formula is C14H15NS2. The van der Waals surface area contributed by atoms with Gasteiger partial charge in [0.05, 0.1) is 0 Å². The summed E-state index contributed by atoms with van der Waals surface area (Å²) in [4.78, 5) is 0. The van der Waals surface area contributed by atoms with Crippen molar-refractivity contribution in [1.82, 2.24) is 4.57 Å². The summed E-state index contributed by atoms with van der Waals surface area (Å²) in [5, 5.41) is 0. The predicted molar refractivity (Wildman–Crippen MR) is 79.5 cm³/mol. The van der Waals surface area contributed by atoms with Gasteiger partial charge < -0.3 is 4.57 Å². The van der Waals surface area contributed by atoms with E-state index in [-0.39, 0.29) is 4.75 Å². The quantitative estimate of drug-likeness (QED) is 0.743. The van der Waals surface area contributed by atoms with Gasteiger partial charge in [0.25, 0.3) is 0 Å². The Labute approximate surface area is 112 Å². The van der Waals surface area contributed by atoms with Gasteiger partial charge >= 0.3 is 0 Å². The lowest BCUT2D eigenvalue weighted by Gasteiger charge is -2.25. The molecule has 0 N–H and O–H groups in total. The normalized spacial score (nSPS) is 11.4. The molecule has 0 aliphatic carbocycles. The Morgan fingerprint density at radius 1 is 1.06 bits per heavy atom. The minimum atomic E-state index is -0.0113. The molecule has 0 saturated heterocycles. The zero-order valence-corrected chi connectivity index (χ0v) is 11.6. The molecule has 88 valence electrons. The Bertz CT molecular complexity index is 486. The second kappa shape index (κ2) is 5.07. The van der Waals surface area contributed by atoms with Crippen molar-refractivity contribution in [2.45, 2.75) is 18.6 Å². The lowest BCUT2D eigenvalue weighted by atomic mass is 10.0. The minimum absolute atomic E-state index is 0.0113. The Morgan fingerprint density at radius 2 is 1.65 bits per heavy atom. The third kappa shape index (κ3) is 2.99. The second-order valence-electron chi connectivity index (χ2n) is 4.33. The van der Waals surface area contributed by atoms with Crippen LogP contribution in [0.4, 0.5) is 0 Å². The van der Waals surface area contributed by atoms with E-state index in [2.05, 4.69) is 38.1 Å². The van der Waals surface area contributed by atoms with Crippen LogP contribution in [0.15, 0.2) is 54.9 Å². The van der Waals surface area contributed by atoms with Gasteiger partial charge in [-0.1, -0.05) is 54.3 Å². The molecule has 1 nitrogen and oxygen atoms in total. The van der Waals surface area contributed by atoms with Gasteiger partial charge in [-0.15, -0.1) is 0 Å². The highest BCUT2D eigenvalue weighted by molar-refractivity contribution is 8.23. The number of thiocarbonyl (C=S) groups is 1. The van der Waals surface area contributed by atoms with Crippen molar-refractivity contribution < 1.29 is 0 Å². The molecule has 0 atom stereocenters. The van der Waals surface area contributed by atoms with E-state index in [4.69, 9.17) is 12.2 Å². The summed E-state index contributed by atoms with van der Waals surface area (Å²) in [6.45, 7) is 4.39. The largest absolute Gasteiger partial charge is 0.310 e. The molecule has 0 bridgehead atoms. The number of aromatic nitrogens is 1. The van der Waals surface area contributed by atoms with Crippen molar-refractivity contribution >= 4 is 28.3 Å². The van der Waals surface area contributed by atoms with Gasteiger partial charge in [0.1, 0.15) is 4.32 Å². The first-order valence-electron chi connectivity index (χ1n) is 5.51.